The molecule has 0 amide bonds. The highest BCUT2D eigenvalue weighted by molar-refractivity contribution is 4.87. The van der Waals surface area contributed by atoms with Crippen molar-refractivity contribution in [3.05, 3.63) is 0 Å². The minimum Gasteiger partial charge on any atom is -0.396 e. The summed E-state index contributed by atoms with van der Waals surface area (Å²) in [5, 5.41) is 9.82. The Kier molecular flexibility index (Phi) is 11.1. The molecule has 0 bridgehead atoms. The van der Waals surface area contributed by atoms with E-state index in [1.165, 1.54) is 116 Å². The summed E-state index contributed by atoms with van der Waals surface area (Å²) < 4.78 is 0. The van der Waals surface area contributed by atoms with Crippen molar-refractivity contribution < 1.29 is 5.11 Å². The van der Waals surface area contributed by atoms with Gasteiger partial charge in [0.05, 0.1) is 0 Å². The highest BCUT2D eigenvalue weighted by atomic mass is 16.3. The second kappa shape index (κ2) is 13.5. The van der Waals surface area contributed by atoms with Gasteiger partial charge in [0, 0.05) is 6.61 Å². The minimum atomic E-state index is 0.419. The van der Waals surface area contributed by atoms with Gasteiger partial charge >= 0.3 is 0 Å². The lowest BCUT2D eigenvalue weighted by Crippen LogP contribution is -2.33. The molecule has 0 spiro atoms. The Labute approximate surface area is 189 Å². The zero-order valence-electron chi connectivity index (χ0n) is 20.6. The third-order valence-corrected chi connectivity index (χ3v) is 9.85. The van der Waals surface area contributed by atoms with Crippen LogP contribution in [0.4, 0.5) is 0 Å². The summed E-state index contributed by atoms with van der Waals surface area (Å²) in [6.07, 6.45) is 27.6. The fourth-order valence-corrected chi connectivity index (χ4v) is 7.99. The van der Waals surface area contributed by atoms with Crippen LogP contribution in [0.25, 0.3) is 0 Å². The standard InChI is InChI=1S/C29H54O/c1-3-5-6-8-24-11-15-27(16-12-24)29(21-22-30)28-19-17-26(18-20-28)25-13-9-23(7-4-2)10-14-25/h23-30H,3-22H2,1-2H3. The SMILES string of the molecule is CCCCCC1CCC(C(CCO)C2CCC(C3CCC(CCC)CC3)CC2)CC1. The molecule has 0 heterocycles. The fourth-order valence-electron chi connectivity index (χ4n) is 7.99. The summed E-state index contributed by atoms with van der Waals surface area (Å²) >= 11 is 0. The Hall–Kier alpha value is -0.0400. The maximum absolute atomic E-state index is 9.82. The molecule has 1 unspecified atom stereocenters. The van der Waals surface area contributed by atoms with E-state index in [-0.39, 0.29) is 0 Å². The molecule has 3 rings (SSSR count). The monoisotopic (exact) mass is 418 g/mol. The van der Waals surface area contributed by atoms with Crippen LogP contribution in [-0.4, -0.2) is 11.7 Å². The normalized spacial score (nSPS) is 36.5. The lowest BCUT2D eigenvalue weighted by atomic mass is 9.63. The van der Waals surface area contributed by atoms with Gasteiger partial charge in [-0.1, -0.05) is 78.1 Å². The van der Waals surface area contributed by atoms with Gasteiger partial charge < -0.3 is 5.11 Å². The van der Waals surface area contributed by atoms with Crippen LogP contribution in [0.15, 0.2) is 0 Å². The first kappa shape index (κ1) is 24.6. The number of hydrogen-bond acceptors (Lipinski definition) is 1. The summed E-state index contributed by atoms with van der Waals surface area (Å²) in [5.41, 5.74) is 0. The van der Waals surface area contributed by atoms with Gasteiger partial charge in [-0.05, 0) is 99.2 Å². The molecule has 1 N–H and O–H groups in total. The topological polar surface area (TPSA) is 20.2 Å². The van der Waals surface area contributed by atoms with Crippen LogP contribution in [0.5, 0.6) is 0 Å². The van der Waals surface area contributed by atoms with Crippen molar-refractivity contribution in [3.8, 4) is 0 Å². The molecule has 1 nitrogen and oxygen atoms in total. The molecule has 3 saturated carbocycles. The van der Waals surface area contributed by atoms with Gasteiger partial charge in [0.25, 0.3) is 0 Å². The molecule has 3 aliphatic rings. The van der Waals surface area contributed by atoms with E-state index in [1.807, 2.05) is 0 Å². The van der Waals surface area contributed by atoms with Gasteiger partial charge in [0.2, 0.25) is 0 Å². The molecule has 0 aliphatic heterocycles. The molecule has 1 heteroatoms. The van der Waals surface area contributed by atoms with Crippen LogP contribution in [-0.2, 0) is 0 Å². The number of unbranched alkanes of at least 4 members (excludes halogenated alkanes) is 2. The molecule has 0 saturated heterocycles. The zero-order valence-corrected chi connectivity index (χ0v) is 20.6. The fraction of sp³-hybridized carbons (Fsp3) is 1.00. The summed E-state index contributed by atoms with van der Waals surface area (Å²) in [5.74, 6) is 6.82. The van der Waals surface area contributed by atoms with Crippen molar-refractivity contribution in [1.82, 2.24) is 0 Å². The number of rotatable bonds is 11. The second-order valence-corrected chi connectivity index (χ2v) is 11.7. The summed E-state index contributed by atoms with van der Waals surface area (Å²) in [6.45, 7) is 5.10. The van der Waals surface area contributed by atoms with E-state index in [0.29, 0.717) is 6.61 Å². The zero-order chi connectivity index (χ0) is 21.2. The van der Waals surface area contributed by atoms with Crippen LogP contribution in [0.2, 0.25) is 0 Å². The molecule has 30 heavy (non-hydrogen) atoms. The average Bonchev–Trinajstić information content (AvgIpc) is 2.79. The van der Waals surface area contributed by atoms with E-state index in [1.54, 1.807) is 0 Å². The van der Waals surface area contributed by atoms with E-state index in [9.17, 15) is 5.11 Å². The largest absolute Gasteiger partial charge is 0.396 e. The lowest BCUT2D eigenvalue weighted by molar-refractivity contribution is 0.0689. The molecule has 3 aliphatic carbocycles. The van der Waals surface area contributed by atoms with E-state index in [4.69, 9.17) is 0 Å². The van der Waals surface area contributed by atoms with Gasteiger partial charge in [-0.3, -0.25) is 0 Å². The van der Waals surface area contributed by atoms with Gasteiger partial charge in [0.15, 0.2) is 0 Å². The highest BCUT2D eigenvalue weighted by Gasteiger charge is 2.36. The van der Waals surface area contributed by atoms with Crippen LogP contribution in [0.1, 0.15) is 136 Å². The Morgan fingerprint density at radius 1 is 0.600 bits per heavy atom. The summed E-state index contributed by atoms with van der Waals surface area (Å²) in [7, 11) is 0. The molecular formula is C29H54O. The summed E-state index contributed by atoms with van der Waals surface area (Å²) in [6, 6.07) is 0. The first-order chi connectivity index (χ1) is 14.7. The van der Waals surface area contributed by atoms with E-state index < -0.39 is 0 Å². The maximum atomic E-state index is 9.82. The molecule has 0 aromatic carbocycles. The van der Waals surface area contributed by atoms with Crippen molar-refractivity contribution in [2.75, 3.05) is 6.61 Å². The van der Waals surface area contributed by atoms with Crippen molar-refractivity contribution in [3.63, 3.8) is 0 Å². The van der Waals surface area contributed by atoms with Crippen LogP contribution >= 0.6 is 0 Å². The van der Waals surface area contributed by atoms with Crippen molar-refractivity contribution in [2.24, 2.45) is 41.4 Å². The first-order valence-electron chi connectivity index (χ1n) is 14.4. The van der Waals surface area contributed by atoms with E-state index in [2.05, 4.69) is 13.8 Å². The molecule has 3 fully saturated rings. The number of hydrogen-bond donors (Lipinski definition) is 1. The Morgan fingerprint density at radius 2 is 1.10 bits per heavy atom. The predicted molar refractivity (Wildman–Crippen MR) is 131 cm³/mol. The van der Waals surface area contributed by atoms with E-state index >= 15 is 0 Å². The predicted octanol–water partition coefficient (Wildman–Crippen LogP) is 8.78. The van der Waals surface area contributed by atoms with Crippen LogP contribution in [0, 0.1) is 41.4 Å². The Morgan fingerprint density at radius 3 is 1.63 bits per heavy atom. The molecule has 0 aromatic heterocycles. The quantitative estimate of drug-likeness (QED) is 0.332. The third kappa shape index (κ3) is 7.25. The van der Waals surface area contributed by atoms with Gasteiger partial charge in [-0.25, -0.2) is 0 Å². The van der Waals surface area contributed by atoms with Crippen LogP contribution < -0.4 is 0 Å². The van der Waals surface area contributed by atoms with Crippen molar-refractivity contribution >= 4 is 0 Å². The molecule has 0 aromatic rings. The van der Waals surface area contributed by atoms with Gasteiger partial charge in [0.1, 0.15) is 0 Å². The van der Waals surface area contributed by atoms with E-state index in [0.717, 1.165) is 47.8 Å². The van der Waals surface area contributed by atoms with Gasteiger partial charge in [-0.15, -0.1) is 0 Å². The molecule has 176 valence electrons. The summed E-state index contributed by atoms with van der Waals surface area (Å²) in [4.78, 5) is 0. The Bertz CT molecular complexity index is 422. The molecule has 0 radical (unpaired) electrons. The number of aliphatic hydroxyl groups excluding tert-OH is 1. The Balaban J connectivity index is 1.41. The van der Waals surface area contributed by atoms with Crippen molar-refractivity contribution in [2.45, 2.75) is 136 Å². The lowest BCUT2D eigenvalue weighted by Gasteiger charge is -2.43. The third-order valence-electron chi connectivity index (χ3n) is 9.85. The average molecular weight is 419 g/mol. The number of aliphatic hydroxyl groups is 1. The molecular weight excluding hydrogens is 364 g/mol. The molecule has 1 atom stereocenters. The highest BCUT2D eigenvalue weighted by Crippen LogP contribution is 2.47. The van der Waals surface area contributed by atoms with Crippen molar-refractivity contribution in [1.29, 1.82) is 0 Å². The maximum Gasteiger partial charge on any atom is 0.0433 e. The minimum absolute atomic E-state index is 0.419. The smallest absolute Gasteiger partial charge is 0.0433 e. The second-order valence-electron chi connectivity index (χ2n) is 11.7. The first-order valence-corrected chi connectivity index (χ1v) is 14.4. The van der Waals surface area contributed by atoms with Crippen LogP contribution in [0.3, 0.4) is 0 Å². The van der Waals surface area contributed by atoms with Gasteiger partial charge in [-0.2, -0.15) is 0 Å².